The van der Waals surface area contributed by atoms with Gasteiger partial charge in [0, 0.05) is 0 Å². The molecule has 0 radical (unpaired) electrons. The molecule has 0 aliphatic carbocycles. The van der Waals surface area contributed by atoms with Crippen LogP contribution in [-0.2, 0) is 10.4 Å². The van der Waals surface area contributed by atoms with Gasteiger partial charge in [-0.25, -0.2) is 0 Å². The van der Waals surface area contributed by atoms with Crippen molar-refractivity contribution >= 4 is 10.4 Å². The minimum atomic E-state index is -4.67. The quantitative estimate of drug-likeness (QED) is 0.131. The van der Waals surface area contributed by atoms with Crippen LogP contribution in [0.15, 0.2) is 0 Å². The summed E-state index contributed by atoms with van der Waals surface area (Å²) in [7, 11) is -4.67. The van der Waals surface area contributed by atoms with E-state index in [0.29, 0.717) is 0 Å². The SMILES string of the molecule is O=S(=O)(O)O.[N-]=[N+]=[N-].[Na+]. The van der Waals surface area contributed by atoms with Gasteiger partial charge in [0.25, 0.3) is 0 Å². The molecule has 0 saturated carbocycles. The molecular formula is H2N3NaO4S. The van der Waals surface area contributed by atoms with E-state index in [2.05, 4.69) is 0 Å². The predicted molar refractivity (Wildman–Crippen MR) is 24.3 cm³/mol. The van der Waals surface area contributed by atoms with Crippen molar-refractivity contribution in [2.24, 2.45) is 0 Å². The predicted octanol–water partition coefficient (Wildman–Crippen LogP) is -2.78. The van der Waals surface area contributed by atoms with Crippen molar-refractivity contribution in [2.75, 3.05) is 0 Å². The first kappa shape index (κ1) is 16.1. The number of hydrogen-bond acceptors (Lipinski definition) is 2. The molecule has 0 bridgehead atoms. The first-order valence-electron chi connectivity index (χ1n) is 1.10. The van der Waals surface area contributed by atoms with Crippen LogP contribution in [0.3, 0.4) is 0 Å². The fourth-order valence-corrected chi connectivity index (χ4v) is 0. The second kappa shape index (κ2) is 8.18. The molecule has 0 spiro atoms. The average Bonchev–Trinajstić information content (AvgIpc) is 1.27. The molecule has 2 N–H and O–H groups in total. The van der Waals surface area contributed by atoms with Crippen LogP contribution in [-0.4, -0.2) is 17.5 Å². The molecule has 0 aliphatic heterocycles. The fraction of sp³-hybridized carbons (Fsp3) is 0. The molecule has 9 heteroatoms. The van der Waals surface area contributed by atoms with Crippen molar-refractivity contribution in [1.82, 2.24) is 0 Å². The molecule has 0 saturated heterocycles. The van der Waals surface area contributed by atoms with Gasteiger partial charge in [-0.3, -0.25) is 14.0 Å². The van der Waals surface area contributed by atoms with E-state index in [9.17, 15) is 0 Å². The minimum Gasteiger partial charge on any atom is -0.373 e. The number of nitrogens with zero attached hydrogens (tertiary/aromatic N) is 3. The van der Waals surface area contributed by atoms with Gasteiger partial charge in [0.15, 0.2) is 0 Å². The van der Waals surface area contributed by atoms with E-state index < -0.39 is 10.4 Å². The van der Waals surface area contributed by atoms with Gasteiger partial charge in [-0.1, -0.05) is 0 Å². The third-order valence-electron chi connectivity index (χ3n) is 0. The van der Waals surface area contributed by atoms with Gasteiger partial charge in [0.2, 0.25) is 0 Å². The first-order valence-corrected chi connectivity index (χ1v) is 2.50. The van der Waals surface area contributed by atoms with E-state index in [1.807, 2.05) is 0 Å². The van der Waals surface area contributed by atoms with Crippen molar-refractivity contribution in [3.8, 4) is 0 Å². The van der Waals surface area contributed by atoms with Crippen LogP contribution in [0.1, 0.15) is 0 Å². The van der Waals surface area contributed by atoms with Crippen molar-refractivity contribution in [2.45, 2.75) is 0 Å². The summed E-state index contributed by atoms with van der Waals surface area (Å²) in [6.45, 7) is 0. The summed E-state index contributed by atoms with van der Waals surface area (Å²) in [6.07, 6.45) is 0. The van der Waals surface area contributed by atoms with Gasteiger partial charge in [-0.05, 0) is 0 Å². The molecule has 0 unspecified atom stereocenters. The summed E-state index contributed by atoms with van der Waals surface area (Å²) in [5, 5.41) is 0. The molecule has 0 aromatic rings. The van der Waals surface area contributed by atoms with Gasteiger partial charge in [0.05, 0.1) is 0 Å². The Morgan fingerprint density at radius 3 is 1.22 bits per heavy atom. The van der Waals surface area contributed by atoms with Gasteiger partial charge < -0.3 is 11.1 Å². The second-order valence-electron chi connectivity index (χ2n) is 0.537. The molecule has 0 heterocycles. The van der Waals surface area contributed by atoms with E-state index >= 15 is 0 Å². The monoisotopic (exact) mass is 163 g/mol. The Morgan fingerprint density at radius 2 is 1.22 bits per heavy atom. The van der Waals surface area contributed by atoms with Crippen molar-refractivity contribution in [3.05, 3.63) is 16.0 Å². The van der Waals surface area contributed by atoms with Gasteiger partial charge >= 0.3 is 40.0 Å². The first-order chi connectivity index (χ1) is 3.41. The molecule has 7 nitrogen and oxygen atoms in total. The average molecular weight is 163 g/mol. The zero-order valence-corrected chi connectivity index (χ0v) is 7.28. The molecule has 0 aliphatic rings. The van der Waals surface area contributed by atoms with Crippen molar-refractivity contribution < 1.29 is 47.1 Å². The molecule has 0 aromatic carbocycles. The molecule has 9 heavy (non-hydrogen) atoms. The van der Waals surface area contributed by atoms with Crippen LogP contribution < -0.4 is 29.6 Å². The van der Waals surface area contributed by atoms with Crippen LogP contribution in [0.25, 0.3) is 16.0 Å². The van der Waals surface area contributed by atoms with Crippen molar-refractivity contribution in [1.29, 1.82) is 0 Å². The third-order valence-corrected chi connectivity index (χ3v) is 0. The molecule has 0 atom stereocenters. The van der Waals surface area contributed by atoms with E-state index in [1.165, 1.54) is 4.91 Å². The van der Waals surface area contributed by atoms with Gasteiger partial charge in [-0.15, -0.1) is 0 Å². The normalized spacial score (nSPS) is 7.33. The van der Waals surface area contributed by atoms with Crippen LogP contribution in [0.5, 0.6) is 0 Å². The Balaban J connectivity index is -0.0000000800. The maximum Gasteiger partial charge on any atom is 1.00 e. The molecule has 48 valence electrons. The third kappa shape index (κ3) is 9640. The minimum absolute atomic E-state index is 0. The van der Waals surface area contributed by atoms with E-state index in [0.717, 1.165) is 0 Å². The zero-order valence-electron chi connectivity index (χ0n) is 4.46. The summed E-state index contributed by atoms with van der Waals surface area (Å²) < 4.78 is 31.6. The van der Waals surface area contributed by atoms with Crippen molar-refractivity contribution in [3.63, 3.8) is 0 Å². The molecule has 0 amide bonds. The summed E-state index contributed by atoms with van der Waals surface area (Å²) >= 11 is 0. The van der Waals surface area contributed by atoms with Crippen LogP contribution in [0.2, 0.25) is 0 Å². The van der Waals surface area contributed by atoms with Crippen LogP contribution in [0, 0.1) is 0 Å². The smallest absolute Gasteiger partial charge is 0.373 e. The zero-order chi connectivity index (χ0) is 7.21. The second-order valence-corrected chi connectivity index (χ2v) is 1.43. The summed E-state index contributed by atoms with van der Waals surface area (Å²) in [4.78, 5) is 1.50. The Labute approximate surface area is 73.3 Å². The van der Waals surface area contributed by atoms with E-state index in [1.54, 1.807) is 0 Å². The summed E-state index contributed by atoms with van der Waals surface area (Å²) in [5.41, 5.74) is 13.5. The Bertz CT molecular complexity index is 156. The Kier molecular flexibility index (Phi) is 14.6. The Hall–Kier alpha value is 0.180. The maximum atomic E-state index is 8.74. The molecule has 0 rings (SSSR count). The van der Waals surface area contributed by atoms with E-state index in [-0.39, 0.29) is 29.6 Å². The van der Waals surface area contributed by atoms with Crippen LogP contribution in [0.4, 0.5) is 0 Å². The molecule has 0 fully saturated rings. The standard InChI is InChI=1S/N3.Na.H2O4S/c1-3-2;;1-5(2,3)4/h;;(H2,1,2,3,4)/q-1;+1;. The van der Waals surface area contributed by atoms with Gasteiger partial charge in [-0.2, -0.15) is 8.42 Å². The Morgan fingerprint density at radius 1 is 1.22 bits per heavy atom. The fourth-order valence-electron chi connectivity index (χ4n) is 0. The maximum absolute atomic E-state index is 8.74. The number of hydrogen-bond donors (Lipinski definition) is 2. The van der Waals surface area contributed by atoms with E-state index in [4.69, 9.17) is 28.6 Å². The largest absolute Gasteiger partial charge is 1.00 e. The topological polar surface area (TPSA) is 133 Å². The summed E-state index contributed by atoms with van der Waals surface area (Å²) in [6, 6.07) is 0. The number of rotatable bonds is 0. The molecular weight excluding hydrogens is 161 g/mol. The summed E-state index contributed by atoms with van der Waals surface area (Å²) in [5.74, 6) is 0. The van der Waals surface area contributed by atoms with Crippen LogP contribution >= 0.6 is 0 Å². The van der Waals surface area contributed by atoms with Gasteiger partial charge in [0.1, 0.15) is 0 Å². The molecule has 0 aromatic heterocycles.